The van der Waals surface area contributed by atoms with Crippen LogP contribution < -0.4 is 5.32 Å². The molecule has 0 aliphatic carbocycles. The molecule has 168 valence electrons. The molecule has 0 spiro atoms. The molecule has 1 fully saturated rings. The molecule has 4 rings (SSSR count). The lowest BCUT2D eigenvalue weighted by Gasteiger charge is -2.15. The Bertz CT molecular complexity index is 1170. The fraction of sp³-hybridized carbons (Fsp3) is 0.333. The summed E-state index contributed by atoms with van der Waals surface area (Å²) in [5.74, 6) is 2.01. The molecule has 1 aliphatic heterocycles. The minimum atomic E-state index is -3.36. The van der Waals surface area contributed by atoms with Gasteiger partial charge < -0.3 is 19.1 Å². The largest absolute Gasteiger partial charge is 0.474 e. The molecule has 1 N–H and O–H groups in total. The van der Waals surface area contributed by atoms with Gasteiger partial charge >= 0.3 is 7.60 Å². The van der Waals surface area contributed by atoms with Crippen molar-refractivity contribution in [1.82, 2.24) is 19.5 Å². The number of anilines is 1. The standard InChI is InChI=1S/C21H24N5O5P/c1-3-29-32(28,30-4-2)12-16-10-11-17(31-16)26-14-24-18-19(22-13-23-20(18)26)25-21(27)15-8-6-5-7-9-15/h5-9,12-14,17H,3-4,10-11H2,1-2H3,(H,22,23,25,27)/b16-12-/t17-/m1/s1. The summed E-state index contributed by atoms with van der Waals surface area (Å²) in [5, 5.41) is 2.79. The summed E-state index contributed by atoms with van der Waals surface area (Å²) >= 11 is 0. The van der Waals surface area contributed by atoms with Crippen molar-refractivity contribution in [3.05, 3.63) is 60.1 Å². The molecule has 3 aromatic rings. The summed E-state index contributed by atoms with van der Waals surface area (Å²) in [6.07, 6.45) is 3.76. The van der Waals surface area contributed by atoms with E-state index >= 15 is 0 Å². The van der Waals surface area contributed by atoms with Crippen molar-refractivity contribution in [2.75, 3.05) is 18.5 Å². The predicted octanol–water partition coefficient (Wildman–Crippen LogP) is 4.50. The smallest absolute Gasteiger partial charge is 0.357 e. The molecule has 1 saturated heterocycles. The van der Waals surface area contributed by atoms with Crippen LogP contribution in [0.25, 0.3) is 11.2 Å². The van der Waals surface area contributed by atoms with Crippen molar-refractivity contribution in [3.63, 3.8) is 0 Å². The Balaban J connectivity index is 1.55. The maximum atomic E-state index is 12.8. The van der Waals surface area contributed by atoms with Crippen molar-refractivity contribution < 1.29 is 23.1 Å². The zero-order valence-electron chi connectivity index (χ0n) is 17.8. The summed E-state index contributed by atoms with van der Waals surface area (Å²) < 4.78 is 31.1. The van der Waals surface area contributed by atoms with Gasteiger partial charge in [0.05, 0.1) is 19.0 Å². The van der Waals surface area contributed by atoms with Gasteiger partial charge in [0, 0.05) is 18.4 Å². The second-order valence-electron chi connectivity index (χ2n) is 6.95. The number of imidazole rings is 1. The zero-order valence-corrected chi connectivity index (χ0v) is 18.7. The van der Waals surface area contributed by atoms with Gasteiger partial charge in [-0.05, 0) is 26.0 Å². The van der Waals surface area contributed by atoms with Crippen LogP contribution in [0.4, 0.5) is 5.82 Å². The van der Waals surface area contributed by atoms with E-state index in [1.165, 1.54) is 12.1 Å². The summed E-state index contributed by atoms with van der Waals surface area (Å²) in [6.45, 7) is 4.05. The number of ether oxygens (including phenoxy) is 1. The van der Waals surface area contributed by atoms with Gasteiger partial charge in [-0.15, -0.1) is 0 Å². The summed E-state index contributed by atoms with van der Waals surface area (Å²) in [5.41, 5.74) is 1.49. The fourth-order valence-electron chi connectivity index (χ4n) is 3.42. The maximum absolute atomic E-state index is 12.8. The first-order valence-corrected chi connectivity index (χ1v) is 11.9. The van der Waals surface area contributed by atoms with Gasteiger partial charge in [0.25, 0.3) is 5.91 Å². The lowest BCUT2D eigenvalue weighted by molar-refractivity contribution is 0.101. The summed E-state index contributed by atoms with van der Waals surface area (Å²) in [7, 11) is -3.36. The molecule has 10 nitrogen and oxygen atoms in total. The molecular weight excluding hydrogens is 433 g/mol. The number of nitrogens with zero attached hydrogens (tertiary/aromatic N) is 4. The van der Waals surface area contributed by atoms with Crippen LogP contribution in [0, 0.1) is 0 Å². The highest BCUT2D eigenvalue weighted by molar-refractivity contribution is 7.57. The maximum Gasteiger partial charge on any atom is 0.357 e. The molecule has 3 heterocycles. The highest BCUT2D eigenvalue weighted by Gasteiger charge is 2.29. The van der Waals surface area contributed by atoms with Crippen molar-refractivity contribution in [3.8, 4) is 0 Å². The Morgan fingerprint density at radius 2 is 1.97 bits per heavy atom. The van der Waals surface area contributed by atoms with Gasteiger partial charge in [0.1, 0.15) is 18.4 Å². The number of hydrogen-bond donors (Lipinski definition) is 1. The van der Waals surface area contributed by atoms with Crippen LogP contribution >= 0.6 is 7.60 Å². The molecule has 0 unspecified atom stereocenters. The Hall–Kier alpha value is -3.07. The number of benzene rings is 1. The number of rotatable bonds is 8. The van der Waals surface area contributed by atoms with E-state index in [-0.39, 0.29) is 19.1 Å². The lowest BCUT2D eigenvalue weighted by atomic mass is 10.2. The van der Waals surface area contributed by atoms with E-state index in [1.54, 1.807) is 49.0 Å². The monoisotopic (exact) mass is 457 g/mol. The molecule has 1 aromatic carbocycles. The SMILES string of the molecule is CCOP(=O)(/C=C1/CC[C@H](n2cnc3c(NC(=O)c4ccccc4)ncnc32)O1)OCC. The van der Waals surface area contributed by atoms with Crippen molar-refractivity contribution in [2.45, 2.75) is 32.9 Å². The van der Waals surface area contributed by atoms with Gasteiger partial charge in [-0.25, -0.2) is 15.0 Å². The zero-order chi connectivity index (χ0) is 22.6. The normalized spacial score (nSPS) is 17.6. The van der Waals surface area contributed by atoms with E-state index in [0.717, 1.165) is 0 Å². The van der Waals surface area contributed by atoms with Gasteiger partial charge in [-0.3, -0.25) is 13.9 Å². The number of carbonyl (C=O) groups is 1. The first-order valence-electron chi connectivity index (χ1n) is 10.3. The Morgan fingerprint density at radius 1 is 1.22 bits per heavy atom. The summed E-state index contributed by atoms with van der Waals surface area (Å²) in [6, 6.07) is 8.86. The average molecular weight is 457 g/mol. The first-order chi connectivity index (χ1) is 15.5. The Labute approximate surface area is 185 Å². The Morgan fingerprint density at radius 3 is 2.69 bits per heavy atom. The minimum Gasteiger partial charge on any atom is -0.474 e. The van der Waals surface area contributed by atoms with Crippen LogP contribution in [0.3, 0.4) is 0 Å². The number of fused-ring (bicyclic) bond motifs is 1. The summed E-state index contributed by atoms with van der Waals surface area (Å²) in [4.78, 5) is 25.4. The van der Waals surface area contributed by atoms with Crippen molar-refractivity contribution >= 4 is 30.5 Å². The van der Waals surface area contributed by atoms with Crippen molar-refractivity contribution in [1.29, 1.82) is 0 Å². The Kier molecular flexibility index (Phi) is 6.64. The third-order valence-electron chi connectivity index (χ3n) is 4.78. The number of allylic oxidation sites excluding steroid dienone is 1. The number of aromatic nitrogens is 4. The number of carbonyl (C=O) groups excluding carboxylic acids is 1. The predicted molar refractivity (Wildman–Crippen MR) is 118 cm³/mol. The van der Waals surface area contributed by atoms with E-state index in [4.69, 9.17) is 13.8 Å². The van der Waals surface area contributed by atoms with Gasteiger partial charge in [0.2, 0.25) is 0 Å². The molecule has 1 aliphatic rings. The van der Waals surface area contributed by atoms with E-state index in [1.807, 2.05) is 6.07 Å². The van der Waals surface area contributed by atoms with Gasteiger partial charge in [-0.1, -0.05) is 18.2 Å². The fourth-order valence-corrected chi connectivity index (χ4v) is 4.91. The van der Waals surface area contributed by atoms with E-state index < -0.39 is 13.8 Å². The number of amides is 1. The molecule has 32 heavy (non-hydrogen) atoms. The van der Waals surface area contributed by atoms with Crippen LogP contribution in [0.1, 0.15) is 43.3 Å². The third-order valence-corrected chi connectivity index (χ3v) is 6.62. The highest BCUT2D eigenvalue weighted by Crippen LogP contribution is 2.52. The third kappa shape index (κ3) is 4.72. The van der Waals surface area contributed by atoms with Crippen LogP contribution in [0.2, 0.25) is 0 Å². The van der Waals surface area contributed by atoms with E-state index in [0.29, 0.717) is 41.1 Å². The topological polar surface area (TPSA) is 117 Å². The number of hydrogen-bond acceptors (Lipinski definition) is 8. The minimum absolute atomic E-state index is 0.269. The molecule has 1 atom stereocenters. The first kappa shape index (κ1) is 22.1. The van der Waals surface area contributed by atoms with Crippen LogP contribution in [-0.4, -0.2) is 38.6 Å². The van der Waals surface area contributed by atoms with Gasteiger partial charge in [0.15, 0.2) is 23.2 Å². The second kappa shape index (κ2) is 9.60. The molecule has 1 amide bonds. The molecular formula is C21H24N5O5P. The van der Waals surface area contributed by atoms with Gasteiger partial charge in [-0.2, -0.15) is 0 Å². The number of nitrogens with one attached hydrogen (secondary N) is 1. The highest BCUT2D eigenvalue weighted by atomic mass is 31.2. The average Bonchev–Trinajstić information content (AvgIpc) is 3.42. The van der Waals surface area contributed by atoms with E-state index in [2.05, 4.69) is 20.3 Å². The molecule has 0 bridgehead atoms. The van der Waals surface area contributed by atoms with Crippen LogP contribution in [-0.2, 0) is 18.3 Å². The molecule has 0 radical (unpaired) electrons. The van der Waals surface area contributed by atoms with Crippen LogP contribution in [0.5, 0.6) is 0 Å². The molecule has 11 heteroatoms. The van der Waals surface area contributed by atoms with E-state index in [9.17, 15) is 9.36 Å². The molecule has 2 aromatic heterocycles. The lowest BCUT2D eigenvalue weighted by Crippen LogP contribution is -2.13. The second-order valence-corrected chi connectivity index (χ2v) is 8.80. The van der Waals surface area contributed by atoms with Crippen LogP contribution in [0.15, 0.2) is 54.6 Å². The quantitative estimate of drug-likeness (QED) is 0.492. The van der Waals surface area contributed by atoms with Crippen molar-refractivity contribution in [2.24, 2.45) is 0 Å². The molecule has 0 saturated carbocycles.